The summed E-state index contributed by atoms with van der Waals surface area (Å²) in [5, 5.41) is 0. The maximum Gasteiger partial charge on any atom is 0.305 e. The Balaban J connectivity index is 1.98. The summed E-state index contributed by atoms with van der Waals surface area (Å²) in [7, 11) is 1.36. The van der Waals surface area contributed by atoms with Crippen molar-refractivity contribution in [3.8, 4) is 11.5 Å². The van der Waals surface area contributed by atoms with Crippen molar-refractivity contribution in [2.75, 3.05) is 13.7 Å². The average Bonchev–Trinajstić information content (AvgIpc) is 2.64. The lowest BCUT2D eigenvalue weighted by atomic mass is 10.2. The predicted octanol–water partition coefficient (Wildman–Crippen LogP) is 3.41. The zero-order chi connectivity index (χ0) is 17.2. The van der Waals surface area contributed by atoms with Crippen LogP contribution < -0.4 is 9.47 Å². The smallest absolute Gasteiger partial charge is 0.305 e. The van der Waals surface area contributed by atoms with Crippen LogP contribution in [0.5, 0.6) is 11.5 Å². The van der Waals surface area contributed by atoms with Crippen LogP contribution in [-0.4, -0.2) is 26.0 Å². The molecular formula is C19H20O5. The molecule has 0 heterocycles. The van der Waals surface area contributed by atoms with E-state index in [0.717, 1.165) is 11.8 Å². The zero-order valence-electron chi connectivity index (χ0n) is 13.6. The largest absolute Gasteiger partial charge is 0.490 e. The molecule has 0 fully saturated rings. The van der Waals surface area contributed by atoms with Crippen molar-refractivity contribution in [3.05, 3.63) is 59.7 Å². The van der Waals surface area contributed by atoms with Crippen molar-refractivity contribution in [1.29, 1.82) is 0 Å². The number of carbonyl (C=O) groups is 2. The number of hydrogen-bond donors (Lipinski definition) is 0. The number of ether oxygens (including phenoxy) is 3. The molecule has 5 heteroatoms. The first-order valence-corrected chi connectivity index (χ1v) is 7.68. The van der Waals surface area contributed by atoms with Gasteiger partial charge in [-0.1, -0.05) is 30.3 Å². The minimum atomic E-state index is -0.268. The van der Waals surface area contributed by atoms with E-state index in [-0.39, 0.29) is 5.97 Å². The number of methoxy groups -OCH3 is 1. The van der Waals surface area contributed by atoms with E-state index in [1.165, 1.54) is 7.11 Å². The van der Waals surface area contributed by atoms with Crippen molar-refractivity contribution in [2.45, 2.75) is 19.4 Å². The monoisotopic (exact) mass is 328 g/mol. The molecule has 0 saturated carbocycles. The van der Waals surface area contributed by atoms with E-state index in [1.807, 2.05) is 30.3 Å². The van der Waals surface area contributed by atoms with Crippen LogP contribution in [0, 0.1) is 0 Å². The van der Waals surface area contributed by atoms with E-state index in [2.05, 4.69) is 4.74 Å². The lowest BCUT2D eigenvalue weighted by Gasteiger charge is -2.13. The molecule has 24 heavy (non-hydrogen) atoms. The fourth-order valence-electron chi connectivity index (χ4n) is 2.07. The Morgan fingerprint density at radius 1 is 1.04 bits per heavy atom. The van der Waals surface area contributed by atoms with Crippen LogP contribution in [0.1, 0.15) is 28.8 Å². The fourth-order valence-corrected chi connectivity index (χ4v) is 2.07. The highest BCUT2D eigenvalue weighted by Gasteiger charge is 2.08. The summed E-state index contributed by atoms with van der Waals surface area (Å²) < 4.78 is 16.0. The van der Waals surface area contributed by atoms with E-state index in [4.69, 9.17) is 9.47 Å². The van der Waals surface area contributed by atoms with Gasteiger partial charge in [0, 0.05) is 12.0 Å². The van der Waals surface area contributed by atoms with Crippen molar-refractivity contribution in [1.82, 2.24) is 0 Å². The molecule has 0 saturated heterocycles. The van der Waals surface area contributed by atoms with E-state index < -0.39 is 0 Å². The first kappa shape index (κ1) is 17.5. The van der Waals surface area contributed by atoms with Crippen LogP contribution in [-0.2, 0) is 16.1 Å². The number of hydrogen-bond acceptors (Lipinski definition) is 5. The third-order valence-electron chi connectivity index (χ3n) is 3.35. The van der Waals surface area contributed by atoms with Gasteiger partial charge in [0.1, 0.15) is 12.9 Å². The molecule has 2 aromatic carbocycles. The summed E-state index contributed by atoms with van der Waals surface area (Å²) in [6.07, 6.45) is 1.60. The van der Waals surface area contributed by atoms with Gasteiger partial charge in [0.05, 0.1) is 13.7 Å². The lowest BCUT2D eigenvalue weighted by molar-refractivity contribution is -0.140. The minimum Gasteiger partial charge on any atom is -0.490 e. The highest BCUT2D eigenvalue weighted by Crippen LogP contribution is 2.29. The van der Waals surface area contributed by atoms with Crippen molar-refractivity contribution in [2.24, 2.45) is 0 Å². The number of carbonyl (C=O) groups excluding carboxylic acids is 2. The molecule has 0 aliphatic heterocycles. The van der Waals surface area contributed by atoms with Gasteiger partial charge in [-0.05, 0) is 30.2 Å². The number of benzene rings is 2. The van der Waals surface area contributed by atoms with Gasteiger partial charge in [-0.2, -0.15) is 0 Å². The molecule has 0 N–H and O–H groups in total. The first-order chi connectivity index (χ1) is 11.7. The SMILES string of the molecule is COC(=O)CCCOc1ccc(C=O)cc1OCc1ccccc1. The van der Waals surface area contributed by atoms with Crippen LogP contribution >= 0.6 is 0 Å². The normalized spacial score (nSPS) is 10.0. The van der Waals surface area contributed by atoms with Crippen LogP contribution in [0.25, 0.3) is 0 Å². The highest BCUT2D eigenvalue weighted by atomic mass is 16.5. The van der Waals surface area contributed by atoms with Gasteiger partial charge in [-0.25, -0.2) is 0 Å². The van der Waals surface area contributed by atoms with E-state index in [1.54, 1.807) is 18.2 Å². The molecule has 0 bridgehead atoms. The Morgan fingerprint density at radius 3 is 2.54 bits per heavy atom. The lowest BCUT2D eigenvalue weighted by Crippen LogP contribution is -2.06. The summed E-state index contributed by atoms with van der Waals surface area (Å²) in [5.41, 5.74) is 1.53. The molecule has 0 aliphatic rings. The molecule has 126 valence electrons. The fraction of sp³-hybridized carbons (Fsp3) is 0.263. The van der Waals surface area contributed by atoms with Gasteiger partial charge < -0.3 is 14.2 Å². The summed E-state index contributed by atoms with van der Waals surface area (Å²) >= 11 is 0. The summed E-state index contributed by atoms with van der Waals surface area (Å²) in [6, 6.07) is 14.7. The van der Waals surface area contributed by atoms with Crippen molar-refractivity contribution in [3.63, 3.8) is 0 Å². The molecule has 2 rings (SSSR count). The maximum absolute atomic E-state index is 11.1. The average molecular weight is 328 g/mol. The minimum absolute atomic E-state index is 0.268. The Bertz CT molecular complexity index is 667. The molecule has 0 amide bonds. The first-order valence-electron chi connectivity index (χ1n) is 7.68. The van der Waals surface area contributed by atoms with Crippen LogP contribution in [0.2, 0.25) is 0 Å². The number of aldehydes is 1. The Labute approximate surface area is 141 Å². The highest BCUT2D eigenvalue weighted by molar-refractivity contribution is 5.76. The van der Waals surface area contributed by atoms with Gasteiger partial charge in [0.15, 0.2) is 11.5 Å². The van der Waals surface area contributed by atoms with E-state index in [9.17, 15) is 9.59 Å². The second kappa shape index (κ2) is 9.35. The molecule has 0 aromatic heterocycles. The van der Waals surface area contributed by atoms with Crippen LogP contribution in [0.4, 0.5) is 0 Å². The maximum atomic E-state index is 11.1. The molecule has 0 radical (unpaired) electrons. The predicted molar refractivity (Wildman–Crippen MR) is 89.3 cm³/mol. The molecule has 0 spiro atoms. The van der Waals surface area contributed by atoms with Crippen molar-refractivity contribution >= 4 is 12.3 Å². The Morgan fingerprint density at radius 2 is 1.83 bits per heavy atom. The van der Waals surface area contributed by atoms with Gasteiger partial charge in [-0.3, -0.25) is 9.59 Å². The van der Waals surface area contributed by atoms with E-state index in [0.29, 0.717) is 43.1 Å². The van der Waals surface area contributed by atoms with Crippen LogP contribution in [0.3, 0.4) is 0 Å². The molecule has 0 atom stereocenters. The van der Waals surface area contributed by atoms with Gasteiger partial charge in [-0.15, -0.1) is 0 Å². The topological polar surface area (TPSA) is 61.8 Å². The zero-order valence-corrected chi connectivity index (χ0v) is 13.6. The van der Waals surface area contributed by atoms with Crippen molar-refractivity contribution < 1.29 is 23.8 Å². The third kappa shape index (κ3) is 5.43. The van der Waals surface area contributed by atoms with Gasteiger partial charge in [0.2, 0.25) is 0 Å². The van der Waals surface area contributed by atoms with Gasteiger partial charge >= 0.3 is 5.97 Å². The molecule has 5 nitrogen and oxygen atoms in total. The third-order valence-corrected chi connectivity index (χ3v) is 3.35. The summed E-state index contributed by atoms with van der Waals surface area (Å²) in [5.74, 6) is 0.776. The number of rotatable bonds is 9. The summed E-state index contributed by atoms with van der Waals surface area (Å²) in [6.45, 7) is 0.735. The molecular weight excluding hydrogens is 308 g/mol. The summed E-state index contributed by atoms with van der Waals surface area (Å²) in [4.78, 5) is 22.1. The Hall–Kier alpha value is -2.82. The van der Waals surface area contributed by atoms with Crippen LogP contribution in [0.15, 0.2) is 48.5 Å². The van der Waals surface area contributed by atoms with E-state index >= 15 is 0 Å². The standard InChI is InChI=1S/C19H20O5/c1-22-19(21)8-5-11-23-17-10-9-16(13-20)12-18(17)24-14-15-6-3-2-4-7-15/h2-4,6-7,9-10,12-13H,5,8,11,14H2,1H3. The molecule has 0 aliphatic carbocycles. The van der Waals surface area contributed by atoms with Gasteiger partial charge in [0.25, 0.3) is 0 Å². The second-order valence-corrected chi connectivity index (χ2v) is 5.13. The molecule has 2 aromatic rings. The quantitative estimate of drug-likeness (QED) is 0.401. The Kier molecular flexibility index (Phi) is 6.83. The molecule has 0 unspecified atom stereocenters. The second-order valence-electron chi connectivity index (χ2n) is 5.13. The number of esters is 1.